The molecule has 0 spiro atoms. The molecule has 1 aromatic rings. The number of hydrogen-bond donors (Lipinski definition) is 1. The van der Waals surface area contributed by atoms with Gasteiger partial charge in [0.15, 0.2) is 0 Å². The van der Waals surface area contributed by atoms with Gasteiger partial charge >= 0.3 is 0 Å². The van der Waals surface area contributed by atoms with Crippen LogP contribution in [0.25, 0.3) is 0 Å². The van der Waals surface area contributed by atoms with Crippen molar-refractivity contribution in [3.63, 3.8) is 0 Å². The summed E-state index contributed by atoms with van der Waals surface area (Å²) in [4.78, 5) is 0. The fraction of sp³-hybridized carbons (Fsp3) is 0.500. The van der Waals surface area contributed by atoms with Crippen LogP contribution in [0.3, 0.4) is 0 Å². The van der Waals surface area contributed by atoms with Crippen LogP contribution in [0.4, 0.5) is 0 Å². The van der Waals surface area contributed by atoms with E-state index in [2.05, 4.69) is 39.4 Å². The zero-order chi connectivity index (χ0) is 10.3. The fourth-order valence-corrected chi connectivity index (χ4v) is 3.18. The predicted octanol–water partition coefficient (Wildman–Crippen LogP) is 2.53. The first-order valence-corrected chi connectivity index (χ1v) is 6.27. The SMILES string of the molecule is Brc1cccc2c1OCC[C@@H]1CNC[C@@H]21. The molecule has 2 aliphatic rings. The molecule has 0 radical (unpaired) electrons. The number of halogens is 1. The minimum Gasteiger partial charge on any atom is -0.492 e. The van der Waals surface area contributed by atoms with Gasteiger partial charge in [-0.1, -0.05) is 12.1 Å². The average molecular weight is 268 g/mol. The van der Waals surface area contributed by atoms with E-state index in [9.17, 15) is 0 Å². The van der Waals surface area contributed by atoms with Gasteiger partial charge in [-0.25, -0.2) is 0 Å². The molecule has 3 heteroatoms. The van der Waals surface area contributed by atoms with E-state index in [4.69, 9.17) is 4.74 Å². The van der Waals surface area contributed by atoms with Crippen LogP contribution >= 0.6 is 15.9 Å². The Bertz CT molecular complexity index is 380. The molecule has 1 aromatic carbocycles. The number of ether oxygens (including phenoxy) is 1. The predicted molar refractivity (Wildman–Crippen MR) is 63.4 cm³/mol. The van der Waals surface area contributed by atoms with Crippen molar-refractivity contribution in [3.05, 3.63) is 28.2 Å². The van der Waals surface area contributed by atoms with Crippen molar-refractivity contribution in [3.8, 4) is 5.75 Å². The zero-order valence-electron chi connectivity index (χ0n) is 8.50. The number of nitrogens with one attached hydrogen (secondary N) is 1. The van der Waals surface area contributed by atoms with Crippen LogP contribution in [0.2, 0.25) is 0 Å². The fourth-order valence-electron chi connectivity index (χ4n) is 2.68. The average Bonchev–Trinajstić information content (AvgIpc) is 2.62. The van der Waals surface area contributed by atoms with E-state index >= 15 is 0 Å². The van der Waals surface area contributed by atoms with Gasteiger partial charge in [-0.3, -0.25) is 0 Å². The molecule has 0 aromatic heterocycles. The van der Waals surface area contributed by atoms with Crippen LogP contribution in [0, 0.1) is 5.92 Å². The van der Waals surface area contributed by atoms with Gasteiger partial charge in [-0.15, -0.1) is 0 Å². The Hall–Kier alpha value is -0.540. The summed E-state index contributed by atoms with van der Waals surface area (Å²) in [5, 5.41) is 3.48. The third-order valence-corrected chi connectivity index (χ3v) is 4.10. The maximum Gasteiger partial charge on any atom is 0.136 e. The maximum atomic E-state index is 5.84. The Morgan fingerprint density at radius 1 is 1.33 bits per heavy atom. The summed E-state index contributed by atoms with van der Waals surface area (Å²) in [7, 11) is 0. The number of hydrogen-bond acceptors (Lipinski definition) is 2. The molecule has 0 bridgehead atoms. The summed E-state index contributed by atoms with van der Waals surface area (Å²) in [5.74, 6) is 2.45. The molecule has 0 saturated carbocycles. The number of fused-ring (bicyclic) bond motifs is 3. The highest BCUT2D eigenvalue weighted by molar-refractivity contribution is 9.10. The standard InChI is InChI=1S/C12H14BrNO/c13-11-3-1-2-9-10-7-14-6-8(10)4-5-15-12(9)11/h1-3,8,10,14H,4-7H2/t8-,10-/m1/s1. The van der Waals surface area contributed by atoms with Crippen LogP contribution in [-0.2, 0) is 0 Å². The van der Waals surface area contributed by atoms with Gasteiger partial charge in [0.2, 0.25) is 0 Å². The molecule has 2 aliphatic heterocycles. The van der Waals surface area contributed by atoms with Crippen LogP contribution in [-0.4, -0.2) is 19.7 Å². The lowest BCUT2D eigenvalue weighted by atomic mass is 9.87. The molecule has 2 atom stereocenters. The number of para-hydroxylation sites is 1. The van der Waals surface area contributed by atoms with E-state index in [-0.39, 0.29) is 0 Å². The summed E-state index contributed by atoms with van der Waals surface area (Å²) in [6.45, 7) is 3.08. The Balaban J connectivity index is 2.09. The zero-order valence-corrected chi connectivity index (χ0v) is 10.1. The highest BCUT2D eigenvalue weighted by atomic mass is 79.9. The smallest absolute Gasteiger partial charge is 0.136 e. The topological polar surface area (TPSA) is 21.3 Å². The van der Waals surface area contributed by atoms with Crippen molar-refractivity contribution in [2.24, 2.45) is 5.92 Å². The first-order valence-electron chi connectivity index (χ1n) is 5.48. The minimum absolute atomic E-state index is 0.639. The molecule has 2 nitrogen and oxygen atoms in total. The van der Waals surface area contributed by atoms with Crippen LogP contribution in [0.15, 0.2) is 22.7 Å². The normalized spacial score (nSPS) is 28.9. The molecular formula is C12H14BrNO. The summed E-state index contributed by atoms with van der Waals surface area (Å²) in [5.41, 5.74) is 1.37. The van der Waals surface area contributed by atoms with Crippen molar-refractivity contribution < 1.29 is 4.74 Å². The van der Waals surface area contributed by atoms with Gasteiger partial charge in [0, 0.05) is 12.5 Å². The minimum atomic E-state index is 0.639. The molecule has 2 heterocycles. The van der Waals surface area contributed by atoms with Gasteiger partial charge in [-0.05, 0) is 46.4 Å². The Kier molecular flexibility index (Phi) is 2.45. The molecule has 1 saturated heterocycles. The molecule has 80 valence electrons. The van der Waals surface area contributed by atoms with Crippen LogP contribution in [0.1, 0.15) is 17.9 Å². The molecular weight excluding hydrogens is 254 g/mol. The van der Waals surface area contributed by atoms with E-state index in [0.717, 1.165) is 35.8 Å². The van der Waals surface area contributed by atoms with Crippen molar-refractivity contribution in [1.29, 1.82) is 0 Å². The molecule has 0 unspecified atom stereocenters. The van der Waals surface area contributed by atoms with Crippen molar-refractivity contribution >= 4 is 15.9 Å². The number of rotatable bonds is 0. The quantitative estimate of drug-likeness (QED) is 0.780. The van der Waals surface area contributed by atoms with E-state index < -0.39 is 0 Å². The second-order valence-corrected chi connectivity index (χ2v) is 5.17. The molecule has 1 fully saturated rings. The van der Waals surface area contributed by atoms with Gasteiger partial charge < -0.3 is 10.1 Å². The lowest BCUT2D eigenvalue weighted by molar-refractivity contribution is 0.295. The Labute approximate surface area is 98.1 Å². The Morgan fingerprint density at radius 2 is 2.27 bits per heavy atom. The molecule has 15 heavy (non-hydrogen) atoms. The molecule has 0 aliphatic carbocycles. The Morgan fingerprint density at radius 3 is 3.20 bits per heavy atom. The summed E-state index contributed by atoms with van der Waals surface area (Å²) >= 11 is 3.57. The van der Waals surface area contributed by atoms with Crippen molar-refractivity contribution in [2.45, 2.75) is 12.3 Å². The van der Waals surface area contributed by atoms with E-state index in [1.807, 2.05) is 0 Å². The highest BCUT2D eigenvalue weighted by Crippen LogP contribution is 2.41. The van der Waals surface area contributed by atoms with E-state index in [1.54, 1.807) is 0 Å². The van der Waals surface area contributed by atoms with Crippen LogP contribution < -0.4 is 10.1 Å². The van der Waals surface area contributed by atoms with Gasteiger partial charge in [0.1, 0.15) is 5.75 Å². The van der Waals surface area contributed by atoms with Gasteiger partial charge in [0.05, 0.1) is 11.1 Å². The van der Waals surface area contributed by atoms with Gasteiger partial charge in [-0.2, -0.15) is 0 Å². The molecule has 3 rings (SSSR count). The van der Waals surface area contributed by atoms with Crippen molar-refractivity contribution in [1.82, 2.24) is 5.32 Å². The molecule has 1 N–H and O–H groups in total. The van der Waals surface area contributed by atoms with Crippen LogP contribution in [0.5, 0.6) is 5.75 Å². The first kappa shape index (κ1) is 9.67. The molecule has 0 amide bonds. The lowest BCUT2D eigenvalue weighted by Gasteiger charge is -2.16. The summed E-state index contributed by atoms with van der Waals surface area (Å²) < 4.78 is 6.93. The second kappa shape index (κ2) is 3.80. The third kappa shape index (κ3) is 1.58. The maximum absolute atomic E-state index is 5.84. The largest absolute Gasteiger partial charge is 0.492 e. The second-order valence-electron chi connectivity index (χ2n) is 4.32. The third-order valence-electron chi connectivity index (χ3n) is 3.47. The van der Waals surface area contributed by atoms with E-state index in [0.29, 0.717) is 5.92 Å². The number of benzene rings is 1. The lowest BCUT2D eigenvalue weighted by Crippen LogP contribution is -2.11. The highest BCUT2D eigenvalue weighted by Gasteiger charge is 2.32. The van der Waals surface area contributed by atoms with Gasteiger partial charge in [0.25, 0.3) is 0 Å². The summed E-state index contributed by atoms with van der Waals surface area (Å²) in [6, 6.07) is 6.37. The first-order chi connectivity index (χ1) is 7.36. The van der Waals surface area contributed by atoms with Crippen molar-refractivity contribution in [2.75, 3.05) is 19.7 Å². The summed E-state index contributed by atoms with van der Waals surface area (Å²) in [6.07, 6.45) is 1.17. The van der Waals surface area contributed by atoms with E-state index in [1.165, 1.54) is 12.0 Å². The monoisotopic (exact) mass is 267 g/mol.